The van der Waals surface area contributed by atoms with E-state index in [1.54, 1.807) is 17.2 Å². The highest BCUT2D eigenvalue weighted by molar-refractivity contribution is 8.26. The summed E-state index contributed by atoms with van der Waals surface area (Å²) in [6.45, 7) is 7.21. The molecule has 2 aromatic heterocycles. The molecule has 1 aliphatic heterocycles. The molecule has 34 heavy (non-hydrogen) atoms. The Hall–Kier alpha value is -2.97. The molecule has 3 aromatic rings. The molecule has 1 aliphatic rings. The van der Waals surface area contributed by atoms with Crippen molar-refractivity contribution in [2.75, 3.05) is 11.9 Å². The first-order valence-corrected chi connectivity index (χ1v) is 12.7. The Morgan fingerprint density at radius 1 is 1.06 bits per heavy atom. The first-order valence-electron chi connectivity index (χ1n) is 11.4. The van der Waals surface area contributed by atoms with Crippen molar-refractivity contribution in [2.45, 2.75) is 46.6 Å². The predicted octanol–water partition coefficient (Wildman–Crippen LogP) is 5.31. The molecule has 0 unspecified atom stereocenters. The van der Waals surface area contributed by atoms with Crippen molar-refractivity contribution in [1.82, 2.24) is 14.3 Å². The second-order valence-corrected chi connectivity index (χ2v) is 10.2. The summed E-state index contributed by atoms with van der Waals surface area (Å²) in [6.07, 6.45) is 6.58. The summed E-state index contributed by atoms with van der Waals surface area (Å²) in [4.78, 5) is 33.4. The van der Waals surface area contributed by atoms with Crippen LogP contribution in [0.3, 0.4) is 0 Å². The molecule has 0 radical (unpaired) electrons. The Bertz CT molecular complexity index is 1330. The lowest BCUT2D eigenvalue weighted by Crippen LogP contribution is -2.27. The molecular formula is C26H28N4O2S2. The fraction of sp³-hybridized carbons (Fsp3) is 0.308. The number of nitrogens with one attached hydrogen (secondary N) is 1. The van der Waals surface area contributed by atoms with Crippen LogP contribution in [-0.4, -0.2) is 31.1 Å². The summed E-state index contributed by atoms with van der Waals surface area (Å²) in [5.74, 6) is 0.301. The number of unbranched alkanes of at least 4 members (excludes halogenated alkanes) is 2. The molecule has 1 saturated heterocycles. The van der Waals surface area contributed by atoms with Crippen LogP contribution in [0.4, 0.5) is 5.82 Å². The van der Waals surface area contributed by atoms with Gasteiger partial charge in [-0.05, 0) is 43.5 Å². The molecule has 8 heteroatoms. The molecule has 1 amide bonds. The van der Waals surface area contributed by atoms with E-state index in [0.717, 1.165) is 36.0 Å². The number of nitrogens with zero attached hydrogens (tertiary/aromatic N) is 3. The molecule has 1 aromatic carbocycles. The van der Waals surface area contributed by atoms with Crippen molar-refractivity contribution in [1.29, 1.82) is 0 Å². The number of rotatable bonds is 8. The van der Waals surface area contributed by atoms with Crippen LogP contribution < -0.4 is 10.9 Å². The number of aryl methyl sites for hydroxylation is 2. The zero-order valence-corrected chi connectivity index (χ0v) is 21.3. The average molecular weight is 493 g/mol. The highest BCUT2D eigenvalue weighted by Gasteiger charge is 2.32. The van der Waals surface area contributed by atoms with Crippen molar-refractivity contribution < 1.29 is 4.79 Å². The minimum atomic E-state index is -0.213. The van der Waals surface area contributed by atoms with Gasteiger partial charge >= 0.3 is 0 Å². The maximum atomic E-state index is 13.4. The summed E-state index contributed by atoms with van der Waals surface area (Å²) in [5.41, 5.74) is 3.84. The monoisotopic (exact) mass is 492 g/mol. The molecule has 176 valence electrons. The van der Waals surface area contributed by atoms with Gasteiger partial charge < -0.3 is 5.32 Å². The van der Waals surface area contributed by atoms with E-state index >= 15 is 0 Å². The van der Waals surface area contributed by atoms with E-state index in [-0.39, 0.29) is 11.5 Å². The third kappa shape index (κ3) is 5.23. The number of aromatic nitrogens is 2. The molecule has 3 heterocycles. The van der Waals surface area contributed by atoms with E-state index in [9.17, 15) is 9.59 Å². The van der Waals surface area contributed by atoms with Gasteiger partial charge in [0.1, 0.15) is 15.8 Å². The number of thiocarbonyl (C=S) groups is 1. The van der Waals surface area contributed by atoms with Crippen LogP contribution in [0.5, 0.6) is 0 Å². The number of amides is 1. The largest absolute Gasteiger partial charge is 0.369 e. The fourth-order valence-corrected chi connectivity index (χ4v) is 4.99. The minimum absolute atomic E-state index is 0.193. The van der Waals surface area contributed by atoms with Crippen LogP contribution >= 0.6 is 24.0 Å². The van der Waals surface area contributed by atoms with E-state index < -0.39 is 0 Å². The van der Waals surface area contributed by atoms with E-state index in [1.807, 2.05) is 50.2 Å². The van der Waals surface area contributed by atoms with Gasteiger partial charge in [0.05, 0.1) is 17.0 Å². The number of benzene rings is 1. The van der Waals surface area contributed by atoms with Crippen molar-refractivity contribution >= 4 is 51.7 Å². The van der Waals surface area contributed by atoms with Crippen LogP contribution in [0.1, 0.15) is 48.4 Å². The molecule has 6 nitrogen and oxygen atoms in total. The molecule has 0 bridgehead atoms. The third-order valence-corrected chi connectivity index (χ3v) is 7.07. The van der Waals surface area contributed by atoms with Crippen molar-refractivity contribution in [3.05, 3.63) is 80.1 Å². The van der Waals surface area contributed by atoms with Gasteiger partial charge in [-0.2, -0.15) is 0 Å². The quantitative estimate of drug-likeness (QED) is 0.261. The molecule has 1 fully saturated rings. The van der Waals surface area contributed by atoms with Crippen LogP contribution in [0.15, 0.2) is 52.3 Å². The van der Waals surface area contributed by atoms with Crippen LogP contribution in [0.2, 0.25) is 0 Å². The van der Waals surface area contributed by atoms with E-state index in [0.29, 0.717) is 39.3 Å². The number of hydrogen-bond donors (Lipinski definition) is 1. The van der Waals surface area contributed by atoms with Crippen LogP contribution in [0, 0.1) is 13.8 Å². The zero-order chi connectivity index (χ0) is 24.2. The summed E-state index contributed by atoms with van der Waals surface area (Å²) in [7, 11) is 0. The number of pyridine rings is 1. The molecule has 0 saturated carbocycles. The fourth-order valence-electron chi connectivity index (χ4n) is 3.75. The van der Waals surface area contributed by atoms with Crippen LogP contribution in [0.25, 0.3) is 11.7 Å². The lowest BCUT2D eigenvalue weighted by atomic mass is 10.1. The lowest BCUT2D eigenvalue weighted by Gasteiger charge is -2.14. The highest BCUT2D eigenvalue weighted by atomic mass is 32.2. The number of hydrogen-bond acceptors (Lipinski definition) is 6. The summed E-state index contributed by atoms with van der Waals surface area (Å²) < 4.78 is 2.02. The molecule has 4 rings (SSSR count). The van der Waals surface area contributed by atoms with Gasteiger partial charge in [0.25, 0.3) is 11.5 Å². The molecule has 0 spiro atoms. The Balaban J connectivity index is 1.69. The molecule has 0 atom stereocenters. The standard InChI is InChI=1S/C26H28N4O2S2/c1-4-5-6-13-27-23-20(24(31)29-15-18(3)9-12-22(29)28-23)14-21-25(32)30(26(33)34-21)16-19-10-7-17(2)8-11-19/h7-12,14-15,27H,4-6,13,16H2,1-3H3. The second kappa shape index (κ2) is 10.5. The lowest BCUT2D eigenvalue weighted by molar-refractivity contribution is -0.122. The highest BCUT2D eigenvalue weighted by Crippen LogP contribution is 2.34. The summed E-state index contributed by atoms with van der Waals surface area (Å²) in [6, 6.07) is 11.8. The number of carbonyl (C=O) groups excluding carboxylic acids is 1. The third-order valence-electron chi connectivity index (χ3n) is 5.69. The van der Waals surface area contributed by atoms with Gasteiger partial charge in [0.15, 0.2) is 0 Å². The van der Waals surface area contributed by atoms with Crippen molar-refractivity contribution in [2.24, 2.45) is 0 Å². The van der Waals surface area contributed by atoms with Gasteiger partial charge in [0, 0.05) is 12.7 Å². The predicted molar refractivity (Wildman–Crippen MR) is 144 cm³/mol. The number of anilines is 1. The molecule has 1 N–H and O–H groups in total. The Labute approximate surface area is 209 Å². The summed E-state index contributed by atoms with van der Waals surface area (Å²) >= 11 is 6.73. The topological polar surface area (TPSA) is 66.7 Å². The first-order chi connectivity index (χ1) is 16.4. The van der Waals surface area contributed by atoms with Crippen molar-refractivity contribution in [3.8, 4) is 0 Å². The summed E-state index contributed by atoms with van der Waals surface area (Å²) in [5, 5.41) is 3.32. The van der Waals surface area contributed by atoms with Crippen molar-refractivity contribution in [3.63, 3.8) is 0 Å². The van der Waals surface area contributed by atoms with E-state index in [4.69, 9.17) is 17.2 Å². The minimum Gasteiger partial charge on any atom is -0.369 e. The first kappa shape index (κ1) is 24.2. The number of thioether (sulfide) groups is 1. The Kier molecular flexibility index (Phi) is 7.48. The second-order valence-electron chi connectivity index (χ2n) is 8.50. The average Bonchev–Trinajstić information content (AvgIpc) is 3.08. The van der Waals surface area contributed by atoms with E-state index in [2.05, 4.69) is 12.2 Å². The normalized spacial score (nSPS) is 15.0. The maximum absolute atomic E-state index is 13.4. The van der Waals surface area contributed by atoms with Gasteiger partial charge in [-0.15, -0.1) is 0 Å². The van der Waals surface area contributed by atoms with Gasteiger partial charge in [-0.25, -0.2) is 4.98 Å². The zero-order valence-electron chi connectivity index (χ0n) is 19.6. The number of fused-ring (bicyclic) bond motifs is 1. The molecular weight excluding hydrogens is 464 g/mol. The smallest absolute Gasteiger partial charge is 0.267 e. The Morgan fingerprint density at radius 2 is 1.79 bits per heavy atom. The van der Waals surface area contributed by atoms with E-state index in [1.165, 1.54) is 16.2 Å². The van der Waals surface area contributed by atoms with Gasteiger partial charge in [-0.1, -0.05) is 79.6 Å². The van der Waals surface area contributed by atoms with Crippen LogP contribution in [-0.2, 0) is 11.3 Å². The SMILES string of the molecule is CCCCCNc1nc2ccc(C)cn2c(=O)c1C=C1SC(=S)N(Cc2ccc(C)cc2)C1=O. The maximum Gasteiger partial charge on any atom is 0.267 e. The Morgan fingerprint density at radius 3 is 2.53 bits per heavy atom. The number of carbonyl (C=O) groups is 1. The van der Waals surface area contributed by atoms with Gasteiger partial charge in [-0.3, -0.25) is 18.9 Å². The molecule has 0 aliphatic carbocycles. The van der Waals surface area contributed by atoms with Gasteiger partial charge in [0.2, 0.25) is 0 Å².